The number of carbonyl (C=O) groups excluding carboxylic acids is 5. The quantitative estimate of drug-likeness (QED) is 0.127. The number of ether oxygens (including phenoxy) is 1. The minimum Gasteiger partial charge on any atom is -0.480 e. The van der Waals surface area contributed by atoms with Gasteiger partial charge in [-0.2, -0.15) is 0 Å². The van der Waals surface area contributed by atoms with Crippen LogP contribution in [-0.4, -0.2) is 117 Å². The van der Waals surface area contributed by atoms with Crippen LogP contribution in [0, 0.1) is 17.0 Å². The van der Waals surface area contributed by atoms with Crippen LogP contribution in [0.25, 0.3) is 11.1 Å². The second-order valence-corrected chi connectivity index (χ2v) is 19.6. The summed E-state index contributed by atoms with van der Waals surface area (Å²) in [5.41, 5.74) is 3.65. The van der Waals surface area contributed by atoms with Crippen LogP contribution in [0.4, 0.5) is 28.4 Å². The number of benzene rings is 3. The fourth-order valence-electron chi connectivity index (χ4n) is 10.7. The van der Waals surface area contributed by atoms with Crippen LogP contribution in [-0.2, 0) is 38.7 Å². The molecule has 15 nitrogen and oxygen atoms in total. The number of aromatic nitrogens is 3. The molecule has 6 aliphatic heterocycles. The monoisotopic (exact) mass is 951 g/mol. The smallest absolute Gasteiger partial charge is 0.267 e. The summed E-state index contributed by atoms with van der Waals surface area (Å²) >= 11 is 1.25. The lowest BCUT2D eigenvalue weighted by Crippen LogP contribution is -2.73. The second-order valence-electron chi connectivity index (χ2n) is 18.7. The van der Waals surface area contributed by atoms with E-state index in [-0.39, 0.29) is 72.7 Å². The fourth-order valence-corrected chi connectivity index (χ4v) is 11.3. The normalized spacial score (nSPS) is 22.1. The van der Waals surface area contributed by atoms with E-state index in [0.29, 0.717) is 54.6 Å². The van der Waals surface area contributed by atoms with Gasteiger partial charge in [-0.3, -0.25) is 39.5 Å². The highest BCUT2D eigenvalue weighted by molar-refractivity contribution is 7.13. The highest BCUT2D eigenvalue weighted by Gasteiger charge is 2.54. The van der Waals surface area contributed by atoms with Gasteiger partial charge in [0.15, 0.2) is 17.3 Å². The van der Waals surface area contributed by atoms with Gasteiger partial charge in [0, 0.05) is 91.1 Å². The van der Waals surface area contributed by atoms with Crippen molar-refractivity contribution in [1.29, 1.82) is 0 Å². The van der Waals surface area contributed by atoms with E-state index in [1.54, 1.807) is 28.9 Å². The number of aryl methyl sites for hydroxylation is 1. The standard InChI is InChI=1S/C48H45F4N9O6S/c49-35-17-28(16-32-33(35)19-61(45(32)66)42(44(65)56-46-53-12-15-68-46)41-37-2-1-13-58(37)26-54-41)27-3-5-29(6-4-27)59-21-47(22-59)23-60(24-47)40(63)20-57-14-11-34(48(51,52)25-57)31-8-7-30(18-36(31)50)67-38-9-10-39(62)55-43(38)64/h3-8,12,15-18,26,34,38,42H,1-2,9-11,13-14,19-25H2,(H,53,56,65)(H,55,62,64). The summed E-state index contributed by atoms with van der Waals surface area (Å²) in [5, 5.41) is 7.10. The first-order chi connectivity index (χ1) is 32.7. The molecule has 352 valence electrons. The first kappa shape index (κ1) is 43.9. The molecule has 0 aliphatic carbocycles. The molecule has 4 fully saturated rings. The van der Waals surface area contributed by atoms with Crippen molar-refractivity contribution >= 4 is 51.7 Å². The van der Waals surface area contributed by atoms with Crippen LogP contribution >= 0.6 is 11.3 Å². The van der Waals surface area contributed by atoms with E-state index in [9.17, 15) is 24.0 Å². The first-order valence-corrected chi connectivity index (χ1v) is 23.5. The number of carbonyl (C=O) groups is 5. The zero-order valence-electron chi connectivity index (χ0n) is 36.6. The lowest BCUT2D eigenvalue weighted by atomic mass is 9.72. The summed E-state index contributed by atoms with van der Waals surface area (Å²) < 4.78 is 69.9. The van der Waals surface area contributed by atoms with Crippen molar-refractivity contribution in [2.75, 3.05) is 56.0 Å². The number of likely N-dealkylation sites (tertiary alicyclic amines) is 2. The Balaban J connectivity index is 0.680. The molecular formula is C48H45F4N9O6S. The molecule has 1 spiro atoms. The maximum Gasteiger partial charge on any atom is 0.267 e. The third kappa shape index (κ3) is 7.95. The van der Waals surface area contributed by atoms with E-state index in [1.807, 2.05) is 28.8 Å². The lowest BCUT2D eigenvalue weighted by molar-refractivity contribution is -0.149. The van der Waals surface area contributed by atoms with Crippen molar-refractivity contribution in [1.82, 2.24) is 34.6 Å². The number of fused-ring (bicyclic) bond motifs is 2. The molecule has 2 aromatic heterocycles. The molecule has 3 aromatic carbocycles. The average molecular weight is 952 g/mol. The van der Waals surface area contributed by atoms with Crippen molar-refractivity contribution in [3.63, 3.8) is 0 Å². The lowest BCUT2D eigenvalue weighted by Gasteiger charge is -2.61. The van der Waals surface area contributed by atoms with E-state index in [1.165, 1.54) is 39.3 Å². The highest BCUT2D eigenvalue weighted by atomic mass is 32.1. The molecule has 5 aromatic rings. The van der Waals surface area contributed by atoms with Crippen LogP contribution in [0.1, 0.15) is 70.5 Å². The molecule has 5 amide bonds. The second kappa shape index (κ2) is 16.8. The van der Waals surface area contributed by atoms with Gasteiger partial charge in [-0.1, -0.05) is 18.2 Å². The zero-order valence-corrected chi connectivity index (χ0v) is 37.4. The van der Waals surface area contributed by atoms with E-state index in [0.717, 1.165) is 30.4 Å². The number of anilines is 2. The molecule has 0 saturated carbocycles. The molecule has 68 heavy (non-hydrogen) atoms. The van der Waals surface area contributed by atoms with E-state index in [4.69, 9.17) is 4.74 Å². The molecule has 3 unspecified atom stereocenters. The number of amides is 5. The SMILES string of the molecule is O=C1CCC(Oc2ccc(C3CCN(CC(=O)N4CC5(C4)CN(c4ccc(-c6cc(F)c7c(c6)C(=O)N(C(C(=O)Nc6nccs6)c6ncn8c6CCC8)C7)cc4)C5)CC3(F)F)c(F)c2)C(=O)N1. The number of thiazole rings is 1. The van der Waals surface area contributed by atoms with Gasteiger partial charge in [-0.25, -0.2) is 27.5 Å². The summed E-state index contributed by atoms with van der Waals surface area (Å²) in [6.07, 6.45) is 4.01. The number of rotatable bonds is 11. The molecule has 2 N–H and O–H groups in total. The summed E-state index contributed by atoms with van der Waals surface area (Å²) in [5.74, 6) is -8.38. The average Bonchev–Trinajstić information content (AvgIpc) is 4.10. The van der Waals surface area contributed by atoms with Crippen LogP contribution < -0.4 is 20.3 Å². The van der Waals surface area contributed by atoms with Crippen LogP contribution in [0.5, 0.6) is 5.75 Å². The fraction of sp³-hybridized carbons (Fsp3) is 0.396. The third-order valence-corrected chi connectivity index (χ3v) is 14.9. The number of hydrogen-bond acceptors (Lipinski definition) is 11. The molecule has 6 aliphatic rings. The number of imidazole rings is 1. The van der Waals surface area contributed by atoms with Crippen molar-refractivity contribution in [2.24, 2.45) is 5.41 Å². The van der Waals surface area contributed by atoms with Crippen molar-refractivity contribution in [3.8, 4) is 16.9 Å². The van der Waals surface area contributed by atoms with Gasteiger partial charge in [0.05, 0.1) is 37.6 Å². The number of nitrogens with one attached hydrogen (secondary N) is 2. The molecular weight excluding hydrogens is 907 g/mol. The molecule has 0 radical (unpaired) electrons. The predicted octanol–water partition coefficient (Wildman–Crippen LogP) is 5.52. The van der Waals surface area contributed by atoms with Gasteiger partial charge < -0.3 is 24.0 Å². The Labute approximate surface area is 391 Å². The Morgan fingerprint density at radius 1 is 0.912 bits per heavy atom. The van der Waals surface area contributed by atoms with Gasteiger partial charge >= 0.3 is 0 Å². The van der Waals surface area contributed by atoms with Gasteiger partial charge in [-0.05, 0) is 72.8 Å². The highest BCUT2D eigenvalue weighted by Crippen LogP contribution is 2.45. The minimum atomic E-state index is -3.31. The topological polar surface area (TPSA) is 162 Å². The molecule has 11 rings (SSSR count). The minimum absolute atomic E-state index is 0.000342. The van der Waals surface area contributed by atoms with Gasteiger partial charge in [0.25, 0.3) is 23.6 Å². The molecule has 4 saturated heterocycles. The van der Waals surface area contributed by atoms with Crippen LogP contribution in [0.3, 0.4) is 0 Å². The van der Waals surface area contributed by atoms with Crippen molar-refractivity contribution in [3.05, 3.63) is 112 Å². The summed E-state index contributed by atoms with van der Waals surface area (Å²) in [4.78, 5) is 80.1. The van der Waals surface area contributed by atoms with Crippen LogP contribution in [0.15, 0.2) is 72.5 Å². The summed E-state index contributed by atoms with van der Waals surface area (Å²) in [6.45, 7) is 2.36. The zero-order chi connectivity index (χ0) is 47.1. The number of hydrogen-bond donors (Lipinski definition) is 2. The number of imide groups is 1. The number of alkyl halides is 2. The van der Waals surface area contributed by atoms with Gasteiger partial charge in [-0.15, -0.1) is 11.3 Å². The predicted molar refractivity (Wildman–Crippen MR) is 239 cm³/mol. The molecule has 3 atom stereocenters. The van der Waals surface area contributed by atoms with E-state index >= 15 is 17.6 Å². The summed E-state index contributed by atoms with van der Waals surface area (Å²) in [7, 11) is 0. The molecule has 8 heterocycles. The Morgan fingerprint density at radius 2 is 1.72 bits per heavy atom. The van der Waals surface area contributed by atoms with Gasteiger partial charge in [0.2, 0.25) is 11.8 Å². The Morgan fingerprint density at radius 3 is 2.46 bits per heavy atom. The van der Waals surface area contributed by atoms with E-state index < -0.39 is 65.8 Å². The summed E-state index contributed by atoms with van der Waals surface area (Å²) in [6, 6.07) is 13.2. The Hall–Kier alpha value is -6.67. The van der Waals surface area contributed by atoms with Crippen LogP contribution in [0.2, 0.25) is 0 Å². The number of halogens is 4. The maximum absolute atomic E-state index is 15.9. The Kier molecular flexibility index (Phi) is 10.9. The third-order valence-electron chi connectivity index (χ3n) is 14.2. The van der Waals surface area contributed by atoms with Crippen molar-refractivity contribution in [2.45, 2.75) is 69.2 Å². The Bertz CT molecular complexity index is 2860. The van der Waals surface area contributed by atoms with Gasteiger partial charge in [0.1, 0.15) is 17.4 Å². The molecule has 20 heteroatoms. The first-order valence-electron chi connectivity index (χ1n) is 22.6. The van der Waals surface area contributed by atoms with E-state index in [2.05, 4.69) is 25.5 Å². The van der Waals surface area contributed by atoms with Crippen molar-refractivity contribution < 1.29 is 46.3 Å². The number of piperidine rings is 2. The maximum atomic E-state index is 15.9. The number of nitrogens with zero attached hydrogens (tertiary/aromatic N) is 7. The largest absolute Gasteiger partial charge is 0.480 e. The molecule has 0 bridgehead atoms.